The molecule has 5 nitrogen and oxygen atoms in total. The van der Waals surface area contributed by atoms with Crippen LogP contribution >= 0.6 is 0 Å². The summed E-state index contributed by atoms with van der Waals surface area (Å²) in [6, 6.07) is 2.13. The maximum atomic E-state index is 10.2. The van der Waals surface area contributed by atoms with Gasteiger partial charge in [0.15, 0.2) is 5.65 Å². The van der Waals surface area contributed by atoms with Crippen LogP contribution in [-0.2, 0) is 13.2 Å². The van der Waals surface area contributed by atoms with E-state index in [1.165, 1.54) is 12.8 Å². The Morgan fingerprint density at radius 3 is 2.68 bits per heavy atom. The van der Waals surface area contributed by atoms with Crippen molar-refractivity contribution in [3.8, 4) is 11.1 Å². The number of aromatic nitrogens is 4. The number of fused-ring (bicyclic) bond motifs is 1. The summed E-state index contributed by atoms with van der Waals surface area (Å²) < 4.78 is 1.95. The SMILES string of the molecule is CCn1ncc2c(-c3cncc(C)c3)c(CO)c(C3CCCC3)nc21. The average Bonchev–Trinajstić information content (AvgIpc) is 3.29. The van der Waals surface area contributed by atoms with Crippen LogP contribution in [0.4, 0.5) is 0 Å². The van der Waals surface area contributed by atoms with Gasteiger partial charge in [-0.1, -0.05) is 12.8 Å². The van der Waals surface area contributed by atoms with Crippen molar-refractivity contribution < 1.29 is 5.11 Å². The van der Waals surface area contributed by atoms with Gasteiger partial charge in [-0.2, -0.15) is 5.10 Å². The van der Waals surface area contributed by atoms with Crippen LogP contribution in [0.2, 0.25) is 0 Å². The first-order chi connectivity index (χ1) is 12.2. The highest BCUT2D eigenvalue weighted by Crippen LogP contribution is 2.40. The molecule has 4 rings (SSSR count). The molecule has 3 aromatic rings. The summed E-state index contributed by atoms with van der Waals surface area (Å²) in [4.78, 5) is 9.36. The molecule has 1 aliphatic carbocycles. The van der Waals surface area contributed by atoms with Crippen molar-refractivity contribution in [1.29, 1.82) is 0 Å². The van der Waals surface area contributed by atoms with Crippen molar-refractivity contribution >= 4 is 11.0 Å². The number of aliphatic hydroxyl groups excluding tert-OH is 1. The highest BCUT2D eigenvalue weighted by atomic mass is 16.3. The molecule has 3 heterocycles. The molecule has 0 unspecified atom stereocenters. The van der Waals surface area contributed by atoms with Crippen LogP contribution in [0.15, 0.2) is 24.7 Å². The van der Waals surface area contributed by atoms with Crippen LogP contribution < -0.4 is 0 Å². The molecule has 130 valence electrons. The zero-order valence-corrected chi connectivity index (χ0v) is 14.9. The number of pyridine rings is 2. The van der Waals surface area contributed by atoms with Crippen molar-refractivity contribution in [2.24, 2.45) is 0 Å². The Morgan fingerprint density at radius 2 is 2.00 bits per heavy atom. The van der Waals surface area contributed by atoms with Crippen LogP contribution in [0.5, 0.6) is 0 Å². The molecule has 0 aromatic carbocycles. The summed E-state index contributed by atoms with van der Waals surface area (Å²) in [5.41, 5.74) is 6.10. The van der Waals surface area contributed by atoms with E-state index in [4.69, 9.17) is 4.98 Å². The fourth-order valence-electron chi connectivity index (χ4n) is 4.10. The fourth-order valence-corrected chi connectivity index (χ4v) is 4.10. The third-order valence-corrected chi connectivity index (χ3v) is 5.28. The third kappa shape index (κ3) is 2.72. The number of nitrogens with zero attached hydrogens (tertiary/aromatic N) is 4. The molecule has 25 heavy (non-hydrogen) atoms. The fraction of sp³-hybridized carbons (Fsp3) is 0.450. The summed E-state index contributed by atoms with van der Waals surface area (Å²) in [5, 5.41) is 15.7. The van der Waals surface area contributed by atoms with E-state index < -0.39 is 0 Å². The molecule has 0 saturated heterocycles. The van der Waals surface area contributed by atoms with Gasteiger partial charge in [-0.15, -0.1) is 0 Å². The normalized spacial score (nSPS) is 15.3. The molecule has 0 aliphatic heterocycles. The van der Waals surface area contributed by atoms with E-state index in [1.807, 2.05) is 30.2 Å². The molecule has 0 spiro atoms. The molecule has 0 radical (unpaired) electrons. The molecular formula is C20H24N4O. The van der Waals surface area contributed by atoms with Crippen molar-refractivity contribution in [3.05, 3.63) is 41.5 Å². The van der Waals surface area contributed by atoms with Gasteiger partial charge in [-0.25, -0.2) is 9.67 Å². The molecule has 1 N–H and O–H groups in total. The van der Waals surface area contributed by atoms with Crippen molar-refractivity contribution in [2.45, 2.75) is 58.6 Å². The number of rotatable bonds is 4. The van der Waals surface area contributed by atoms with E-state index in [-0.39, 0.29) is 6.61 Å². The summed E-state index contributed by atoms with van der Waals surface area (Å²) in [6.45, 7) is 4.90. The molecule has 0 amide bonds. The van der Waals surface area contributed by atoms with Gasteiger partial charge < -0.3 is 5.11 Å². The standard InChI is InChI=1S/C20H24N4O/c1-3-24-20-16(11-22-24)18(15-8-13(2)9-21-10-15)17(12-25)19(23-20)14-6-4-5-7-14/h8-11,14,25H,3-7,12H2,1-2H3. The number of aryl methyl sites for hydroxylation is 2. The van der Waals surface area contributed by atoms with Gasteiger partial charge in [0.2, 0.25) is 0 Å². The Morgan fingerprint density at radius 1 is 1.20 bits per heavy atom. The van der Waals surface area contributed by atoms with Gasteiger partial charge in [0.05, 0.1) is 18.5 Å². The smallest absolute Gasteiger partial charge is 0.158 e. The zero-order valence-electron chi connectivity index (χ0n) is 14.9. The molecule has 3 aromatic heterocycles. The topological polar surface area (TPSA) is 63.8 Å². The molecule has 0 atom stereocenters. The first-order valence-corrected chi connectivity index (χ1v) is 9.14. The minimum absolute atomic E-state index is 0.00461. The van der Waals surface area contributed by atoms with E-state index in [2.05, 4.69) is 23.1 Å². The Kier molecular flexibility index (Phi) is 4.25. The largest absolute Gasteiger partial charge is 0.392 e. The molecule has 0 bridgehead atoms. The summed E-state index contributed by atoms with van der Waals surface area (Å²) in [7, 11) is 0. The average molecular weight is 336 g/mol. The van der Waals surface area contributed by atoms with Gasteiger partial charge in [-0.05, 0) is 38.3 Å². The van der Waals surface area contributed by atoms with Gasteiger partial charge in [0.1, 0.15) is 0 Å². The van der Waals surface area contributed by atoms with Crippen LogP contribution in [-0.4, -0.2) is 24.9 Å². The van der Waals surface area contributed by atoms with Crippen LogP contribution in [0.1, 0.15) is 55.3 Å². The van der Waals surface area contributed by atoms with E-state index in [0.29, 0.717) is 5.92 Å². The first kappa shape index (κ1) is 16.2. The predicted molar refractivity (Wildman–Crippen MR) is 98.3 cm³/mol. The second kappa shape index (κ2) is 6.56. The van der Waals surface area contributed by atoms with E-state index in [1.54, 1.807) is 0 Å². The van der Waals surface area contributed by atoms with Crippen molar-refractivity contribution in [3.63, 3.8) is 0 Å². The predicted octanol–water partition coefficient (Wildman–Crippen LogP) is 3.97. The van der Waals surface area contributed by atoms with E-state index in [9.17, 15) is 5.11 Å². The minimum atomic E-state index is -0.00461. The third-order valence-electron chi connectivity index (χ3n) is 5.28. The minimum Gasteiger partial charge on any atom is -0.392 e. The molecule has 1 aliphatic rings. The Balaban J connectivity index is 2.05. The Hall–Kier alpha value is -2.27. The molecule has 1 saturated carbocycles. The maximum Gasteiger partial charge on any atom is 0.158 e. The lowest BCUT2D eigenvalue weighted by Gasteiger charge is -2.18. The van der Waals surface area contributed by atoms with E-state index >= 15 is 0 Å². The Bertz CT molecular complexity index is 909. The lowest BCUT2D eigenvalue weighted by atomic mass is 9.91. The number of aliphatic hydroxyl groups is 1. The van der Waals surface area contributed by atoms with Gasteiger partial charge in [0, 0.05) is 46.9 Å². The Labute approximate surface area is 147 Å². The van der Waals surface area contributed by atoms with Gasteiger partial charge >= 0.3 is 0 Å². The van der Waals surface area contributed by atoms with Crippen LogP contribution in [0.25, 0.3) is 22.2 Å². The highest BCUT2D eigenvalue weighted by Gasteiger charge is 2.26. The quantitative estimate of drug-likeness (QED) is 0.783. The molecule has 5 heteroatoms. The monoisotopic (exact) mass is 336 g/mol. The summed E-state index contributed by atoms with van der Waals surface area (Å²) in [6.07, 6.45) is 10.4. The molecule has 1 fully saturated rings. The second-order valence-corrected chi connectivity index (χ2v) is 6.94. The number of hydrogen-bond donors (Lipinski definition) is 1. The van der Waals surface area contributed by atoms with Crippen molar-refractivity contribution in [2.75, 3.05) is 0 Å². The lowest BCUT2D eigenvalue weighted by molar-refractivity contribution is 0.280. The number of hydrogen-bond acceptors (Lipinski definition) is 4. The van der Waals surface area contributed by atoms with E-state index in [0.717, 1.165) is 58.4 Å². The maximum absolute atomic E-state index is 10.2. The van der Waals surface area contributed by atoms with Crippen LogP contribution in [0, 0.1) is 6.92 Å². The van der Waals surface area contributed by atoms with Crippen molar-refractivity contribution in [1.82, 2.24) is 19.7 Å². The highest BCUT2D eigenvalue weighted by molar-refractivity contribution is 5.95. The molecular weight excluding hydrogens is 312 g/mol. The second-order valence-electron chi connectivity index (χ2n) is 6.94. The first-order valence-electron chi connectivity index (χ1n) is 9.14. The van der Waals surface area contributed by atoms with Gasteiger partial charge in [0.25, 0.3) is 0 Å². The zero-order chi connectivity index (χ0) is 17.4. The van der Waals surface area contributed by atoms with Gasteiger partial charge in [-0.3, -0.25) is 4.98 Å². The summed E-state index contributed by atoms with van der Waals surface area (Å²) >= 11 is 0. The van der Waals surface area contributed by atoms with Crippen LogP contribution in [0.3, 0.4) is 0 Å². The lowest BCUT2D eigenvalue weighted by Crippen LogP contribution is -2.08. The summed E-state index contributed by atoms with van der Waals surface area (Å²) in [5.74, 6) is 0.434.